The fourth-order valence-electron chi connectivity index (χ4n) is 2.94. The smallest absolute Gasteiger partial charge is 0.317 e. The molecule has 0 aromatic heterocycles. The molecule has 3 rings (SSSR count). The lowest BCUT2D eigenvalue weighted by atomic mass is 10.1. The number of nitrogens with one attached hydrogen (secondary N) is 1. The van der Waals surface area contributed by atoms with Crippen LogP contribution in [0.4, 0.5) is 13.6 Å². The molecule has 2 amide bonds. The van der Waals surface area contributed by atoms with E-state index in [2.05, 4.69) is 5.32 Å². The molecule has 0 radical (unpaired) electrons. The minimum absolute atomic E-state index is 0.0876. The van der Waals surface area contributed by atoms with Crippen molar-refractivity contribution >= 4 is 6.03 Å². The van der Waals surface area contributed by atoms with Crippen molar-refractivity contribution in [2.24, 2.45) is 0 Å². The summed E-state index contributed by atoms with van der Waals surface area (Å²) in [6.07, 6.45) is 0.546. The van der Waals surface area contributed by atoms with Crippen molar-refractivity contribution in [3.63, 3.8) is 0 Å². The molecule has 1 heterocycles. The summed E-state index contributed by atoms with van der Waals surface area (Å²) in [7, 11) is 1.59. The Hall–Kier alpha value is -1.73. The van der Waals surface area contributed by atoms with Crippen molar-refractivity contribution in [2.45, 2.75) is 24.5 Å². The van der Waals surface area contributed by atoms with Crippen molar-refractivity contribution in [3.05, 3.63) is 35.4 Å². The second kappa shape index (κ2) is 6.80. The van der Waals surface area contributed by atoms with E-state index in [-0.39, 0.29) is 24.1 Å². The van der Waals surface area contributed by atoms with Gasteiger partial charge >= 0.3 is 6.03 Å². The molecule has 0 unspecified atom stereocenters. The molecule has 2 aliphatic rings. The van der Waals surface area contributed by atoms with E-state index in [9.17, 15) is 13.6 Å². The Morgan fingerprint density at radius 1 is 1.48 bits per heavy atom. The summed E-state index contributed by atoms with van der Waals surface area (Å²) in [6, 6.07) is 3.29. The maximum absolute atomic E-state index is 13.7. The Bertz CT molecular complexity index is 582. The standard InChI is InChI=1S/C16H20F2N2O3/c1-22-9-11-8-20(4-5-23-11)16(21)19-15-7-13(15)12-3-2-10(17)6-14(12)18/h2-3,6,11,13,15H,4-5,7-9H2,1H3,(H,19,21)/t11-,13-,15+/m0/s1. The first kappa shape index (κ1) is 16.1. The van der Waals surface area contributed by atoms with E-state index in [1.165, 1.54) is 12.1 Å². The number of rotatable bonds is 4. The lowest BCUT2D eigenvalue weighted by Crippen LogP contribution is -2.51. The van der Waals surface area contributed by atoms with Gasteiger partial charge in [0.2, 0.25) is 0 Å². The summed E-state index contributed by atoms with van der Waals surface area (Å²) in [5.41, 5.74) is 0.455. The van der Waals surface area contributed by atoms with Crippen molar-refractivity contribution in [3.8, 4) is 0 Å². The third-order valence-corrected chi connectivity index (χ3v) is 4.24. The average molecular weight is 326 g/mol. The number of morpholine rings is 1. The Balaban J connectivity index is 1.53. The van der Waals surface area contributed by atoms with Gasteiger partial charge in [-0.05, 0) is 18.1 Å². The number of hydrogen-bond donors (Lipinski definition) is 1. The summed E-state index contributed by atoms with van der Waals surface area (Å²) in [4.78, 5) is 14.0. The van der Waals surface area contributed by atoms with Crippen LogP contribution in [0.15, 0.2) is 18.2 Å². The first-order valence-electron chi connectivity index (χ1n) is 7.69. The monoisotopic (exact) mass is 326 g/mol. The number of amides is 2. The number of urea groups is 1. The lowest BCUT2D eigenvalue weighted by Gasteiger charge is -2.32. The zero-order chi connectivity index (χ0) is 16.4. The Kier molecular flexibility index (Phi) is 4.77. The minimum Gasteiger partial charge on any atom is -0.382 e. The number of methoxy groups -OCH3 is 1. The highest BCUT2D eigenvalue weighted by Crippen LogP contribution is 2.42. The van der Waals surface area contributed by atoms with E-state index in [4.69, 9.17) is 9.47 Å². The molecule has 1 aliphatic carbocycles. The fourth-order valence-corrected chi connectivity index (χ4v) is 2.94. The van der Waals surface area contributed by atoms with Gasteiger partial charge in [-0.25, -0.2) is 13.6 Å². The Morgan fingerprint density at radius 2 is 2.30 bits per heavy atom. The zero-order valence-corrected chi connectivity index (χ0v) is 12.9. The van der Waals surface area contributed by atoms with Crippen molar-refractivity contribution in [2.75, 3.05) is 33.4 Å². The van der Waals surface area contributed by atoms with Crippen LogP contribution in [0, 0.1) is 11.6 Å². The fraction of sp³-hybridized carbons (Fsp3) is 0.562. The maximum atomic E-state index is 13.7. The largest absolute Gasteiger partial charge is 0.382 e. The number of ether oxygens (including phenoxy) is 2. The first-order chi connectivity index (χ1) is 11.1. The molecule has 23 heavy (non-hydrogen) atoms. The Morgan fingerprint density at radius 3 is 3.04 bits per heavy atom. The van der Waals surface area contributed by atoms with Gasteiger partial charge in [0.05, 0.1) is 25.9 Å². The van der Waals surface area contributed by atoms with E-state index in [0.717, 1.165) is 6.07 Å². The highest BCUT2D eigenvalue weighted by molar-refractivity contribution is 5.75. The summed E-state index contributed by atoms with van der Waals surface area (Å²) in [5.74, 6) is -1.24. The topological polar surface area (TPSA) is 50.8 Å². The molecule has 7 heteroatoms. The van der Waals surface area contributed by atoms with Crippen molar-refractivity contribution < 1.29 is 23.0 Å². The molecule has 1 aliphatic heterocycles. The predicted molar refractivity (Wildman–Crippen MR) is 79.2 cm³/mol. The first-order valence-corrected chi connectivity index (χ1v) is 7.69. The molecule has 2 fully saturated rings. The Labute approximate surface area is 133 Å². The van der Waals surface area contributed by atoms with Crippen LogP contribution in [0.25, 0.3) is 0 Å². The molecule has 1 aromatic rings. The molecule has 1 saturated heterocycles. The second-order valence-corrected chi connectivity index (χ2v) is 5.96. The number of carbonyl (C=O) groups is 1. The summed E-state index contributed by atoms with van der Waals surface area (Å²) >= 11 is 0. The van der Waals surface area contributed by atoms with Crippen LogP contribution in [0.2, 0.25) is 0 Å². The molecular formula is C16H20F2N2O3. The number of benzene rings is 1. The van der Waals surface area contributed by atoms with Gasteiger partial charge in [-0.2, -0.15) is 0 Å². The van der Waals surface area contributed by atoms with Crippen LogP contribution in [0.1, 0.15) is 17.9 Å². The highest BCUT2D eigenvalue weighted by Gasteiger charge is 2.42. The van der Waals surface area contributed by atoms with Gasteiger partial charge in [-0.15, -0.1) is 0 Å². The molecule has 0 bridgehead atoms. The summed E-state index contributed by atoms with van der Waals surface area (Å²) in [5, 5.41) is 2.91. The van der Waals surface area contributed by atoms with Gasteiger partial charge in [0.15, 0.2) is 0 Å². The zero-order valence-electron chi connectivity index (χ0n) is 12.9. The van der Waals surface area contributed by atoms with Crippen LogP contribution in [0.5, 0.6) is 0 Å². The van der Waals surface area contributed by atoms with E-state index >= 15 is 0 Å². The number of carbonyl (C=O) groups excluding carboxylic acids is 1. The van der Waals surface area contributed by atoms with Crippen molar-refractivity contribution in [1.29, 1.82) is 0 Å². The molecule has 3 atom stereocenters. The summed E-state index contributed by atoms with van der Waals surface area (Å²) in [6.45, 7) is 1.91. The number of halogens is 2. The van der Waals surface area contributed by atoms with E-state index in [0.29, 0.717) is 38.3 Å². The molecular weight excluding hydrogens is 306 g/mol. The highest BCUT2D eigenvalue weighted by atomic mass is 19.1. The molecule has 126 valence electrons. The lowest BCUT2D eigenvalue weighted by molar-refractivity contribution is -0.0494. The van der Waals surface area contributed by atoms with E-state index < -0.39 is 11.6 Å². The van der Waals surface area contributed by atoms with Crippen LogP contribution in [0.3, 0.4) is 0 Å². The molecule has 1 saturated carbocycles. The van der Waals surface area contributed by atoms with E-state index in [1.54, 1.807) is 12.0 Å². The molecule has 0 spiro atoms. The van der Waals surface area contributed by atoms with E-state index in [1.807, 2.05) is 0 Å². The second-order valence-electron chi connectivity index (χ2n) is 5.96. The van der Waals surface area contributed by atoms with Crippen molar-refractivity contribution in [1.82, 2.24) is 10.2 Å². The van der Waals surface area contributed by atoms with Crippen LogP contribution in [-0.4, -0.2) is 56.5 Å². The van der Waals surface area contributed by atoms with Crippen LogP contribution >= 0.6 is 0 Å². The quantitative estimate of drug-likeness (QED) is 0.919. The third kappa shape index (κ3) is 3.79. The number of nitrogens with zero attached hydrogens (tertiary/aromatic N) is 1. The SMILES string of the molecule is COC[C@@H]1CN(C(=O)N[C@@H]2C[C@H]2c2ccc(F)cc2F)CCO1. The van der Waals surface area contributed by atoms with Gasteiger partial charge in [-0.1, -0.05) is 6.07 Å². The minimum atomic E-state index is -0.593. The molecule has 1 aromatic carbocycles. The normalized spacial score (nSPS) is 26.9. The van der Waals surface area contributed by atoms with Gasteiger partial charge in [0.25, 0.3) is 0 Å². The van der Waals surface area contributed by atoms with Gasteiger partial charge in [0, 0.05) is 31.7 Å². The third-order valence-electron chi connectivity index (χ3n) is 4.24. The van der Waals surface area contributed by atoms with Crippen LogP contribution in [-0.2, 0) is 9.47 Å². The summed E-state index contributed by atoms with van der Waals surface area (Å²) < 4.78 is 37.2. The van der Waals surface area contributed by atoms with Gasteiger partial charge < -0.3 is 19.7 Å². The maximum Gasteiger partial charge on any atom is 0.317 e. The average Bonchev–Trinajstić information content (AvgIpc) is 3.26. The van der Waals surface area contributed by atoms with Gasteiger partial charge in [-0.3, -0.25) is 0 Å². The number of hydrogen-bond acceptors (Lipinski definition) is 3. The van der Waals surface area contributed by atoms with Crippen LogP contribution < -0.4 is 5.32 Å². The molecule has 5 nitrogen and oxygen atoms in total. The van der Waals surface area contributed by atoms with Gasteiger partial charge in [0.1, 0.15) is 11.6 Å². The predicted octanol–water partition coefficient (Wildman–Crippen LogP) is 1.88. The molecule has 1 N–H and O–H groups in total.